The van der Waals surface area contributed by atoms with Crippen LogP contribution in [-0.2, 0) is 0 Å². The lowest BCUT2D eigenvalue weighted by Gasteiger charge is -2.07. The number of hydrogen-bond donors (Lipinski definition) is 1. The fourth-order valence-corrected chi connectivity index (χ4v) is 1.07. The zero-order chi connectivity index (χ0) is 11.4. The quantitative estimate of drug-likeness (QED) is 0.599. The Bertz CT molecular complexity index is 374. The zero-order valence-corrected chi connectivity index (χ0v) is 8.41. The van der Waals surface area contributed by atoms with Crippen LogP contribution in [0.5, 0.6) is 0 Å². The van der Waals surface area contributed by atoms with Crippen molar-refractivity contribution in [2.24, 2.45) is 0 Å². The fraction of sp³-hybridized carbons (Fsp3) is 0.273. The van der Waals surface area contributed by atoms with E-state index >= 15 is 0 Å². The fourth-order valence-electron chi connectivity index (χ4n) is 1.07. The van der Waals surface area contributed by atoms with Crippen LogP contribution in [0.25, 0.3) is 0 Å². The molecule has 0 aliphatic heterocycles. The van der Waals surface area contributed by atoms with Crippen molar-refractivity contribution >= 4 is 5.69 Å². The lowest BCUT2D eigenvalue weighted by Crippen LogP contribution is -2.04. The molecule has 1 aromatic carbocycles. The van der Waals surface area contributed by atoms with Gasteiger partial charge >= 0.3 is 0 Å². The molecule has 0 spiro atoms. The van der Waals surface area contributed by atoms with Crippen LogP contribution < -0.4 is 5.32 Å². The lowest BCUT2D eigenvalue weighted by molar-refractivity contribution is 0.496. The van der Waals surface area contributed by atoms with Gasteiger partial charge in [-0.05, 0) is 13.3 Å². The van der Waals surface area contributed by atoms with E-state index < -0.39 is 17.5 Å². The van der Waals surface area contributed by atoms with E-state index in [0.717, 1.165) is 11.6 Å². The molecular formula is C11H12F3N. The Labute approximate surface area is 86.6 Å². The van der Waals surface area contributed by atoms with Crippen molar-refractivity contribution in [3.8, 4) is 0 Å². The topological polar surface area (TPSA) is 12.0 Å². The molecule has 0 radical (unpaired) electrons. The van der Waals surface area contributed by atoms with Gasteiger partial charge in [-0.25, -0.2) is 13.2 Å². The first-order valence-electron chi connectivity index (χ1n) is 4.53. The largest absolute Gasteiger partial charge is 0.382 e. The lowest BCUT2D eigenvalue weighted by atomic mass is 10.2. The highest BCUT2D eigenvalue weighted by Crippen LogP contribution is 2.18. The van der Waals surface area contributed by atoms with Gasteiger partial charge in [-0.3, -0.25) is 0 Å². The van der Waals surface area contributed by atoms with Crippen molar-refractivity contribution in [3.05, 3.63) is 41.7 Å². The molecular weight excluding hydrogens is 203 g/mol. The van der Waals surface area contributed by atoms with E-state index in [4.69, 9.17) is 0 Å². The van der Waals surface area contributed by atoms with Crippen LogP contribution in [0, 0.1) is 17.5 Å². The molecule has 0 saturated carbocycles. The van der Waals surface area contributed by atoms with Gasteiger partial charge in [-0.2, -0.15) is 0 Å². The molecule has 1 aromatic rings. The standard InChI is InChI=1S/C11H12F3N/c1-7(2)3-4-15-11-6-9(13)8(12)5-10(11)14/h5-6,15H,1,3-4H2,2H3. The van der Waals surface area contributed by atoms with Crippen molar-refractivity contribution in [2.75, 3.05) is 11.9 Å². The maximum absolute atomic E-state index is 13.1. The monoisotopic (exact) mass is 215 g/mol. The summed E-state index contributed by atoms with van der Waals surface area (Å²) < 4.78 is 38.4. The van der Waals surface area contributed by atoms with E-state index in [9.17, 15) is 13.2 Å². The number of benzene rings is 1. The second kappa shape index (κ2) is 4.87. The van der Waals surface area contributed by atoms with E-state index in [-0.39, 0.29) is 5.69 Å². The number of hydrogen-bond acceptors (Lipinski definition) is 1. The molecule has 0 heterocycles. The third kappa shape index (κ3) is 3.31. The number of rotatable bonds is 4. The minimum absolute atomic E-state index is 0.0323. The second-order valence-electron chi connectivity index (χ2n) is 3.38. The van der Waals surface area contributed by atoms with E-state index in [1.165, 1.54) is 0 Å². The summed E-state index contributed by atoms with van der Waals surface area (Å²) >= 11 is 0. The van der Waals surface area contributed by atoms with Crippen LogP contribution >= 0.6 is 0 Å². The smallest absolute Gasteiger partial charge is 0.161 e. The summed E-state index contributed by atoms with van der Waals surface area (Å²) in [6.07, 6.45) is 0.651. The van der Waals surface area contributed by atoms with E-state index in [0.29, 0.717) is 19.0 Å². The summed E-state index contributed by atoms with van der Waals surface area (Å²) in [5.74, 6) is -3.04. The first kappa shape index (κ1) is 11.6. The first-order chi connectivity index (χ1) is 7.00. The maximum atomic E-state index is 13.1. The van der Waals surface area contributed by atoms with Crippen molar-refractivity contribution in [1.29, 1.82) is 0 Å². The number of halogens is 3. The molecule has 0 aliphatic carbocycles. The molecule has 0 fully saturated rings. The van der Waals surface area contributed by atoms with Crippen molar-refractivity contribution in [2.45, 2.75) is 13.3 Å². The molecule has 1 rings (SSSR count). The Kier molecular flexibility index (Phi) is 3.77. The Balaban J connectivity index is 2.69. The van der Waals surface area contributed by atoms with Crippen molar-refractivity contribution in [3.63, 3.8) is 0 Å². The van der Waals surface area contributed by atoms with Crippen LogP contribution in [0.4, 0.5) is 18.9 Å². The van der Waals surface area contributed by atoms with Crippen LogP contribution in [0.2, 0.25) is 0 Å². The Morgan fingerprint density at radius 2 is 1.80 bits per heavy atom. The molecule has 1 N–H and O–H groups in total. The second-order valence-corrected chi connectivity index (χ2v) is 3.38. The van der Waals surface area contributed by atoms with Crippen LogP contribution in [0.3, 0.4) is 0 Å². The molecule has 0 amide bonds. The minimum atomic E-state index is -1.18. The molecule has 1 nitrogen and oxygen atoms in total. The van der Waals surface area contributed by atoms with Gasteiger partial charge in [0, 0.05) is 18.7 Å². The van der Waals surface area contributed by atoms with Gasteiger partial charge in [0.15, 0.2) is 11.6 Å². The molecule has 0 aromatic heterocycles. The average molecular weight is 215 g/mol. The summed E-state index contributed by atoms with van der Waals surface area (Å²) in [6.45, 7) is 5.95. The van der Waals surface area contributed by atoms with Gasteiger partial charge in [0.1, 0.15) is 5.82 Å². The number of nitrogens with one attached hydrogen (secondary N) is 1. The van der Waals surface area contributed by atoms with Gasteiger partial charge in [0.25, 0.3) is 0 Å². The highest BCUT2D eigenvalue weighted by atomic mass is 19.2. The van der Waals surface area contributed by atoms with E-state index in [1.54, 1.807) is 0 Å². The molecule has 82 valence electrons. The summed E-state index contributed by atoms with van der Waals surface area (Å²) in [6, 6.07) is 1.33. The van der Waals surface area contributed by atoms with Crippen LogP contribution in [0.1, 0.15) is 13.3 Å². The molecule has 0 bridgehead atoms. The van der Waals surface area contributed by atoms with Gasteiger partial charge in [0.05, 0.1) is 5.69 Å². The highest BCUT2D eigenvalue weighted by molar-refractivity contribution is 5.45. The average Bonchev–Trinajstić information content (AvgIpc) is 2.13. The van der Waals surface area contributed by atoms with E-state index in [1.807, 2.05) is 6.92 Å². The van der Waals surface area contributed by atoms with Crippen molar-refractivity contribution in [1.82, 2.24) is 0 Å². The van der Waals surface area contributed by atoms with Gasteiger partial charge < -0.3 is 5.32 Å². The molecule has 0 aliphatic rings. The van der Waals surface area contributed by atoms with E-state index in [2.05, 4.69) is 11.9 Å². The molecule has 0 saturated heterocycles. The zero-order valence-electron chi connectivity index (χ0n) is 8.41. The highest BCUT2D eigenvalue weighted by Gasteiger charge is 2.08. The Hall–Kier alpha value is -1.45. The van der Waals surface area contributed by atoms with Crippen LogP contribution in [0.15, 0.2) is 24.3 Å². The molecule has 0 unspecified atom stereocenters. The van der Waals surface area contributed by atoms with Crippen LogP contribution in [-0.4, -0.2) is 6.54 Å². The Morgan fingerprint density at radius 1 is 1.20 bits per heavy atom. The summed E-state index contributed by atoms with van der Waals surface area (Å²) in [7, 11) is 0. The maximum Gasteiger partial charge on any atom is 0.161 e. The minimum Gasteiger partial charge on any atom is -0.382 e. The normalized spacial score (nSPS) is 10.1. The first-order valence-corrected chi connectivity index (χ1v) is 4.53. The third-order valence-electron chi connectivity index (χ3n) is 1.88. The SMILES string of the molecule is C=C(C)CCNc1cc(F)c(F)cc1F. The summed E-state index contributed by atoms with van der Waals surface area (Å²) in [5.41, 5.74) is 0.903. The number of anilines is 1. The predicted molar refractivity (Wildman–Crippen MR) is 54.2 cm³/mol. The molecule has 4 heteroatoms. The summed E-state index contributed by atoms with van der Waals surface area (Å²) in [4.78, 5) is 0. The van der Waals surface area contributed by atoms with Gasteiger partial charge in [-0.15, -0.1) is 6.58 Å². The van der Waals surface area contributed by atoms with Gasteiger partial charge in [0.2, 0.25) is 0 Å². The third-order valence-corrected chi connectivity index (χ3v) is 1.88. The molecule has 15 heavy (non-hydrogen) atoms. The van der Waals surface area contributed by atoms with Crippen molar-refractivity contribution < 1.29 is 13.2 Å². The molecule has 0 atom stereocenters. The summed E-state index contributed by atoms with van der Waals surface area (Å²) in [5, 5.41) is 2.67. The Morgan fingerprint density at radius 3 is 2.40 bits per heavy atom. The predicted octanol–water partition coefficient (Wildman–Crippen LogP) is 3.48. The van der Waals surface area contributed by atoms with Gasteiger partial charge in [-0.1, -0.05) is 5.57 Å².